The summed E-state index contributed by atoms with van der Waals surface area (Å²) in [7, 11) is 0. The number of nitrogens with zero attached hydrogens (tertiary/aromatic N) is 1. The third-order valence-corrected chi connectivity index (χ3v) is 4.66. The maximum atomic E-state index is 14.3. The van der Waals surface area contributed by atoms with E-state index in [1.54, 1.807) is 4.90 Å². The highest BCUT2D eigenvalue weighted by atomic mass is 19.1. The molecule has 1 fully saturated rings. The van der Waals surface area contributed by atoms with Crippen LogP contribution < -0.4 is 5.32 Å². The number of aliphatic carboxylic acids is 1. The summed E-state index contributed by atoms with van der Waals surface area (Å²) in [6.07, 6.45) is 2.63. The number of rotatable bonds is 7. The lowest BCUT2D eigenvalue weighted by Crippen LogP contribution is -2.40. The van der Waals surface area contributed by atoms with Crippen molar-refractivity contribution in [3.05, 3.63) is 29.6 Å². The summed E-state index contributed by atoms with van der Waals surface area (Å²) in [5.74, 6) is -1.69. The molecule has 2 N–H and O–H groups in total. The van der Waals surface area contributed by atoms with Crippen LogP contribution in [-0.4, -0.2) is 40.9 Å². The average molecular weight is 378 g/mol. The van der Waals surface area contributed by atoms with E-state index in [-0.39, 0.29) is 41.3 Å². The topological polar surface area (TPSA) is 86.7 Å². The highest BCUT2D eigenvalue weighted by molar-refractivity contribution is 5.96. The monoisotopic (exact) mass is 378 g/mol. The third-order valence-electron chi connectivity index (χ3n) is 4.66. The van der Waals surface area contributed by atoms with Crippen LogP contribution in [0.4, 0.5) is 10.1 Å². The number of carboxylic acid groups (broad SMARTS) is 1. The SMILES string of the molecule is CC(C)CC(=O)Nc1ccc(C(=O)N2CCCC(CCC(=O)O)C2)cc1F. The molecule has 0 aromatic heterocycles. The van der Waals surface area contributed by atoms with Gasteiger partial charge in [-0.25, -0.2) is 4.39 Å². The molecule has 0 radical (unpaired) electrons. The van der Waals surface area contributed by atoms with Crippen LogP contribution in [0.25, 0.3) is 0 Å². The fourth-order valence-corrected chi connectivity index (χ4v) is 3.32. The zero-order valence-corrected chi connectivity index (χ0v) is 15.8. The lowest BCUT2D eigenvalue weighted by atomic mass is 9.93. The molecule has 2 rings (SSSR count). The molecule has 1 aromatic rings. The number of benzene rings is 1. The Morgan fingerprint density at radius 3 is 2.70 bits per heavy atom. The van der Waals surface area contributed by atoms with Gasteiger partial charge >= 0.3 is 5.97 Å². The fraction of sp³-hybridized carbons (Fsp3) is 0.550. The van der Waals surface area contributed by atoms with Crippen LogP contribution in [0.5, 0.6) is 0 Å². The van der Waals surface area contributed by atoms with Crippen LogP contribution >= 0.6 is 0 Å². The van der Waals surface area contributed by atoms with E-state index in [4.69, 9.17) is 5.11 Å². The molecule has 27 heavy (non-hydrogen) atoms. The van der Waals surface area contributed by atoms with E-state index in [1.165, 1.54) is 12.1 Å². The maximum absolute atomic E-state index is 14.3. The minimum Gasteiger partial charge on any atom is -0.481 e. The number of nitrogens with one attached hydrogen (secondary N) is 1. The average Bonchev–Trinajstić information content (AvgIpc) is 2.60. The Balaban J connectivity index is 2.00. The van der Waals surface area contributed by atoms with Gasteiger partial charge in [-0.05, 0) is 49.3 Å². The van der Waals surface area contributed by atoms with Gasteiger partial charge in [-0.1, -0.05) is 13.8 Å². The van der Waals surface area contributed by atoms with Crippen molar-refractivity contribution in [1.29, 1.82) is 0 Å². The minimum absolute atomic E-state index is 0.0650. The minimum atomic E-state index is -0.837. The van der Waals surface area contributed by atoms with E-state index in [9.17, 15) is 18.8 Å². The zero-order chi connectivity index (χ0) is 20.0. The van der Waals surface area contributed by atoms with Gasteiger partial charge in [0.1, 0.15) is 5.82 Å². The van der Waals surface area contributed by atoms with Gasteiger partial charge in [0, 0.05) is 31.5 Å². The Morgan fingerprint density at radius 2 is 2.07 bits per heavy atom. The van der Waals surface area contributed by atoms with Crippen molar-refractivity contribution in [1.82, 2.24) is 4.90 Å². The van der Waals surface area contributed by atoms with E-state index in [2.05, 4.69) is 5.32 Å². The van der Waals surface area contributed by atoms with Crippen molar-refractivity contribution in [2.75, 3.05) is 18.4 Å². The van der Waals surface area contributed by atoms with Gasteiger partial charge in [0.25, 0.3) is 5.91 Å². The number of hydrogen-bond acceptors (Lipinski definition) is 3. The molecule has 1 saturated heterocycles. The summed E-state index contributed by atoms with van der Waals surface area (Å²) in [5.41, 5.74) is 0.295. The summed E-state index contributed by atoms with van der Waals surface area (Å²) < 4.78 is 14.3. The molecule has 1 aliphatic heterocycles. The van der Waals surface area contributed by atoms with Gasteiger partial charge in [0.2, 0.25) is 5.91 Å². The number of piperidine rings is 1. The summed E-state index contributed by atoms with van der Waals surface area (Å²) >= 11 is 0. The van der Waals surface area contributed by atoms with Crippen molar-refractivity contribution in [3.63, 3.8) is 0 Å². The van der Waals surface area contributed by atoms with E-state index in [0.29, 0.717) is 25.9 Å². The second-order valence-corrected chi connectivity index (χ2v) is 7.53. The van der Waals surface area contributed by atoms with Crippen molar-refractivity contribution in [2.24, 2.45) is 11.8 Å². The Bertz CT molecular complexity index is 705. The summed E-state index contributed by atoms with van der Waals surface area (Å²) in [4.78, 5) is 36.8. The number of carbonyl (C=O) groups is 3. The van der Waals surface area contributed by atoms with Crippen LogP contribution in [0.15, 0.2) is 18.2 Å². The predicted octanol–water partition coefficient (Wildman–Crippen LogP) is 3.53. The number of anilines is 1. The number of amides is 2. The number of carboxylic acids is 1. The first-order chi connectivity index (χ1) is 12.8. The Hall–Kier alpha value is -2.44. The number of halogens is 1. The van der Waals surface area contributed by atoms with Crippen LogP contribution in [0, 0.1) is 17.7 Å². The zero-order valence-electron chi connectivity index (χ0n) is 15.8. The maximum Gasteiger partial charge on any atom is 0.303 e. The quantitative estimate of drug-likeness (QED) is 0.760. The van der Waals surface area contributed by atoms with Gasteiger partial charge < -0.3 is 15.3 Å². The second-order valence-electron chi connectivity index (χ2n) is 7.53. The largest absolute Gasteiger partial charge is 0.481 e. The highest BCUT2D eigenvalue weighted by Gasteiger charge is 2.25. The summed E-state index contributed by atoms with van der Waals surface area (Å²) in [6, 6.07) is 4.07. The van der Waals surface area contributed by atoms with Gasteiger partial charge in [-0.3, -0.25) is 14.4 Å². The number of carbonyl (C=O) groups excluding carboxylic acids is 2. The first kappa shape index (κ1) is 20.9. The van der Waals surface area contributed by atoms with Crippen LogP contribution in [0.1, 0.15) is 56.3 Å². The fourth-order valence-electron chi connectivity index (χ4n) is 3.32. The molecule has 6 nitrogen and oxygen atoms in total. The van der Waals surface area contributed by atoms with Gasteiger partial charge in [-0.15, -0.1) is 0 Å². The smallest absolute Gasteiger partial charge is 0.303 e. The molecule has 7 heteroatoms. The number of likely N-dealkylation sites (tertiary alicyclic amines) is 1. The molecule has 1 atom stereocenters. The van der Waals surface area contributed by atoms with Gasteiger partial charge in [0.05, 0.1) is 5.69 Å². The second kappa shape index (κ2) is 9.48. The van der Waals surface area contributed by atoms with Crippen LogP contribution in [-0.2, 0) is 9.59 Å². The molecule has 0 spiro atoms. The van der Waals surface area contributed by atoms with Gasteiger partial charge in [-0.2, -0.15) is 0 Å². The van der Waals surface area contributed by atoms with E-state index in [0.717, 1.165) is 18.9 Å². The van der Waals surface area contributed by atoms with Crippen molar-refractivity contribution >= 4 is 23.5 Å². The van der Waals surface area contributed by atoms with E-state index < -0.39 is 11.8 Å². The highest BCUT2D eigenvalue weighted by Crippen LogP contribution is 2.24. The molecule has 0 bridgehead atoms. The molecule has 0 aliphatic carbocycles. The molecular formula is C20H27FN2O4. The Morgan fingerprint density at radius 1 is 1.33 bits per heavy atom. The molecule has 1 aromatic carbocycles. The molecule has 2 amide bonds. The summed E-state index contributed by atoms with van der Waals surface area (Å²) in [6.45, 7) is 4.87. The molecule has 1 unspecified atom stereocenters. The van der Waals surface area contributed by atoms with Gasteiger partial charge in [0.15, 0.2) is 0 Å². The third kappa shape index (κ3) is 6.34. The van der Waals surface area contributed by atoms with Crippen LogP contribution in [0.3, 0.4) is 0 Å². The van der Waals surface area contributed by atoms with E-state index >= 15 is 0 Å². The summed E-state index contributed by atoms with van der Waals surface area (Å²) in [5, 5.41) is 11.3. The van der Waals surface area contributed by atoms with Crippen molar-refractivity contribution in [3.8, 4) is 0 Å². The van der Waals surface area contributed by atoms with E-state index in [1.807, 2.05) is 13.8 Å². The van der Waals surface area contributed by atoms with Crippen molar-refractivity contribution in [2.45, 2.75) is 46.0 Å². The molecule has 1 aliphatic rings. The Labute approximate surface area is 158 Å². The standard InChI is InChI=1S/C20H27FN2O4/c1-13(2)10-18(24)22-17-7-6-15(11-16(17)21)20(27)23-9-3-4-14(12-23)5-8-19(25)26/h6-7,11,13-14H,3-5,8-10,12H2,1-2H3,(H,22,24)(H,25,26). The normalized spacial score (nSPS) is 17.0. The molecular weight excluding hydrogens is 351 g/mol. The van der Waals surface area contributed by atoms with Crippen molar-refractivity contribution < 1.29 is 23.9 Å². The molecule has 148 valence electrons. The lowest BCUT2D eigenvalue weighted by Gasteiger charge is -2.32. The van der Waals surface area contributed by atoms with Crippen LogP contribution in [0.2, 0.25) is 0 Å². The first-order valence-corrected chi connectivity index (χ1v) is 9.36. The first-order valence-electron chi connectivity index (χ1n) is 9.36. The molecule has 0 saturated carbocycles. The Kier molecular flexibility index (Phi) is 7.33. The lowest BCUT2D eigenvalue weighted by molar-refractivity contribution is -0.137. The number of hydrogen-bond donors (Lipinski definition) is 2. The predicted molar refractivity (Wildman–Crippen MR) is 100.0 cm³/mol. The molecule has 1 heterocycles.